The molecule has 1 heterocycles. The number of nitrogens with zero attached hydrogens (tertiary/aromatic N) is 2. The number of aromatic nitrogens is 1. The molecule has 0 amide bonds. The molecule has 20 heavy (non-hydrogen) atoms. The molecule has 0 atom stereocenters. The van der Waals surface area contributed by atoms with E-state index in [0.717, 1.165) is 35.1 Å². The van der Waals surface area contributed by atoms with Gasteiger partial charge in [-0.2, -0.15) is 0 Å². The van der Waals surface area contributed by atoms with Crippen molar-refractivity contribution in [2.45, 2.75) is 26.2 Å². The fraction of sp³-hybridized carbons (Fsp3) is 0.467. The number of aryl methyl sites for hydroxylation is 1. The van der Waals surface area contributed by atoms with Crippen LogP contribution in [-0.4, -0.2) is 22.6 Å². The number of fused-ring (bicyclic) bond motifs is 1. The average molecular weight is 276 g/mol. The van der Waals surface area contributed by atoms with Gasteiger partial charge in [-0.1, -0.05) is 13.3 Å². The zero-order valence-electron chi connectivity index (χ0n) is 12.0. The van der Waals surface area contributed by atoms with E-state index in [4.69, 9.17) is 4.74 Å². The third-order valence-corrected chi connectivity index (χ3v) is 3.37. The molecule has 0 aliphatic rings. The molecular formula is C15H20N2O3. The summed E-state index contributed by atoms with van der Waals surface area (Å²) >= 11 is 0. The predicted molar refractivity (Wildman–Crippen MR) is 78.9 cm³/mol. The molecule has 0 fully saturated rings. The van der Waals surface area contributed by atoms with Gasteiger partial charge in [0.1, 0.15) is 5.75 Å². The molecule has 1 aromatic carbocycles. The maximum absolute atomic E-state index is 10.5. The third-order valence-electron chi connectivity index (χ3n) is 3.37. The van der Waals surface area contributed by atoms with Crippen molar-refractivity contribution >= 4 is 10.9 Å². The maximum atomic E-state index is 10.5. The van der Waals surface area contributed by atoms with Gasteiger partial charge in [0.15, 0.2) is 0 Å². The molecule has 5 nitrogen and oxygen atoms in total. The summed E-state index contributed by atoms with van der Waals surface area (Å²) < 4.78 is 7.70. The van der Waals surface area contributed by atoms with Crippen molar-refractivity contribution in [3.63, 3.8) is 0 Å². The fourth-order valence-corrected chi connectivity index (χ4v) is 2.29. The van der Waals surface area contributed by atoms with Crippen LogP contribution in [-0.2, 0) is 13.5 Å². The summed E-state index contributed by atoms with van der Waals surface area (Å²) in [5.74, 6) is 0.833. The number of ether oxygens (including phenoxy) is 1. The largest absolute Gasteiger partial charge is 0.494 e. The first-order valence-corrected chi connectivity index (χ1v) is 6.94. The van der Waals surface area contributed by atoms with Gasteiger partial charge in [0.25, 0.3) is 0 Å². The van der Waals surface area contributed by atoms with Gasteiger partial charge in [0.2, 0.25) is 6.54 Å². The lowest BCUT2D eigenvalue weighted by Gasteiger charge is -2.06. The first kappa shape index (κ1) is 14.4. The van der Waals surface area contributed by atoms with Gasteiger partial charge in [-0.25, -0.2) is 0 Å². The Hall–Kier alpha value is -2.04. The molecule has 0 saturated heterocycles. The monoisotopic (exact) mass is 276 g/mol. The zero-order chi connectivity index (χ0) is 14.5. The van der Waals surface area contributed by atoms with Crippen LogP contribution in [0.25, 0.3) is 10.9 Å². The van der Waals surface area contributed by atoms with Crippen LogP contribution in [0, 0.1) is 10.1 Å². The standard InChI is InChI=1S/C15H20N2O3/c1-3-4-9-20-13-5-6-15-14(10-13)12(11-16(15)2)7-8-17(18)19/h5-6,10-11H,3-4,7-9H2,1-2H3. The maximum Gasteiger partial charge on any atom is 0.207 e. The number of hydrogen-bond acceptors (Lipinski definition) is 3. The predicted octanol–water partition coefficient (Wildman–Crippen LogP) is 3.18. The fourth-order valence-electron chi connectivity index (χ4n) is 2.29. The minimum Gasteiger partial charge on any atom is -0.494 e. The van der Waals surface area contributed by atoms with E-state index in [1.165, 1.54) is 0 Å². The van der Waals surface area contributed by atoms with Crippen molar-refractivity contribution in [3.8, 4) is 5.75 Å². The van der Waals surface area contributed by atoms with Crippen LogP contribution < -0.4 is 4.74 Å². The Balaban J connectivity index is 2.23. The minimum atomic E-state index is -0.277. The van der Waals surface area contributed by atoms with Crippen LogP contribution in [0.2, 0.25) is 0 Å². The molecule has 0 bridgehead atoms. The Morgan fingerprint density at radius 3 is 2.90 bits per heavy atom. The quantitative estimate of drug-likeness (QED) is 0.443. The normalized spacial score (nSPS) is 10.9. The first-order chi connectivity index (χ1) is 9.61. The van der Waals surface area contributed by atoms with Crippen molar-refractivity contribution in [2.24, 2.45) is 7.05 Å². The number of hydrogen-bond donors (Lipinski definition) is 0. The van der Waals surface area contributed by atoms with Crippen LogP contribution in [0.3, 0.4) is 0 Å². The van der Waals surface area contributed by atoms with E-state index in [1.54, 1.807) is 0 Å². The van der Waals surface area contributed by atoms with E-state index < -0.39 is 0 Å². The van der Waals surface area contributed by atoms with E-state index in [-0.39, 0.29) is 11.5 Å². The van der Waals surface area contributed by atoms with Gasteiger partial charge in [-0.3, -0.25) is 10.1 Å². The Labute approximate surface area is 118 Å². The van der Waals surface area contributed by atoms with Crippen molar-refractivity contribution in [3.05, 3.63) is 40.1 Å². The summed E-state index contributed by atoms with van der Waals surface area (Å²) in [6, 6.07) is 5.95. The Kier molecular flexibility index (Phi) is 4.61. The molecule has 5 heteroatoms. The molecule has 0 spiro atoms. The summed E-state index contributed by atoms with van der Waals surface area (Å²) in [7, 11) is 1.95. The van der Waals surface area contributed by atoms with E-state index in [0.29, 0.717) is 13.0 Å². The van der Waals surface area contributed by atoms with Crippen LogP contribution >= 0.6 is 0 Å². The Morgan fingerprint density at radius 1 is 1.40 bits per heavy atom. The van der Waals surface area contributed by atoms with Crippen LogP contribution in [0.5, 0.6) is 5.75 Å². The van der Waals surface area contributed by atoms with E-state index in [2.05, 4.69) is 6.92 Å². The van der Waals surface area contributed by atoms with Gasteiger partial charge in [-0.05, 0) is 30.2 Å². The van der Waals surface area contributed by atoms with Gasteiger partial charge in [0, 0.05) is 35.5 Å². The molecule has 1 aromatic heterocycles. The van der Waals surface area contributed by atoms with Crippen molar-refractivity contribution in [2.75, 3.05) is 13.2 Å². The van der Waals surface area contributed by atoms with Crippen LogP contribution in [0.4, 0.5) is 0 Å². The molecule has 0 unspecified atom stereocenters. The van der Waals surface area contributed by atoms with E-state index >= 15 is 0 Å². The van der Waals surface area contributed by atoms with Gasteiger partial charge >= 0.3 is 0 Å². The lowest BCUT2D eigenvalue weighted by atomic mass is 10.1. The molecule has 0 saturated carbocycles. The summed E-state index contributed by atoms with van der Waals surface area (Å²) in [4.78, 5) is 10.3. The second-order valence-corrected chi connectivity index (χ2v) is 4.95. The van der Waals surface area contributed by atoms with Crippen molar-refractivity contribution in [1.29, 1.82) is 0 Å². The highest BCUT2D eigenvalue weighted by molar-refractivity contribution is 5.85. The summed E-state index contributed by atoms with van der Waals surface area (Å²) in [6.07, 6.45) is 4.54. The van der Waals surface area contributed by atoms with Gasteiger partial charge in [-0.15, -0.1) is 0 Å². The van der Waals surface area contributed by atoms with E-state index in [9.17, 15) is 10.1 Å². The Morgan fingerprint density at radius 2 is 2.20 bits per heavy atom. The second kappa shape index (κ2) is 6.41. The molecule has 0 N–H and O–H groups in total. The van der Waals surface area contributed by atoms with Crippen LogP contribution in [0.15, 0.2) is 24.4 Å². The second-order valence-electron chi connectivity index (χ2n) is 4.95. The van der Waals surface area contributed by atoms with Crippen molar-refractivity contribution in [1.82, 2.24) is 4.57 Å². The molecular weight excluding hydrogens is 256 g/mol. The summed E-state index contributed by atoms with van der Waals surface area (Å²) in [5.41, 5.74) is 2.08. The molecule has 108 valence electrons. The highest BCUT2D eigenvalue weighted by Gasteiger charge is 2.10. The Bertz CT molecular complexity index is 604. The molecule has 0 aliphatic heterocycles. The van der Waals surface area contributed by atoms with E-state index in [1.807, 2.05) is 36.0 Å². The molecule has 0 aliphatic carbocycles. The molecule has 0 radical (unpaired) electrons. The number of unbranched alkanes of at least 4 members (excludes halogenated alkanes) is 1. The minimum absolute atomic E-state index is 0.0416. The topological polar surface area (TPSA) is 57.3 Å². The smallest absolute Gasteiger partial charge is 0.207 e. The summed E-state index contributed by atoms with van der Waals surface area (Å²) in [6.45, 7) is 2.79. The molecule has 2 rings (SSSR count). The number of benzene rings is 1. The zero-order valence-corrected chi connectivity index (χ0v) is 12.0. The molecule has 2 aromatic rings. The third kappa shape index (κ3) is 3.29. The van der Waals surface area contributed by atoms with Gasteiger partial charge < -0.3 is 9.30 Å². The highest BCUT2D eigenvalue weighted by atomic mass is 16.6. The SMILES string of the molecule is CCCCOc1ccc2c(c1)c(CC[N+](=O)[O-])cn2C. The average Bonchev–Trinajstić information content (AvgIpc) is 2.73. The van der Waals surface area contributed by atoms with Crippen molar-refractivity contribution < 1.29 is 9.66 Å². The summed E-state index contributed by atoms with van der Waals surface area (Å²) in [5, 5.41) is 11.6. The number of rotatable bonds is 7. The number of nitro groups is 1. The van der Waals surface area contributed by atoms with Crippen LogP contribution in [0.1, 0.15) is 25.3 Å². The first-order valence-electron chi connectivity index (χ1n) is 6.94. The lowest BCUT2D eigenvalue weighted by molar-refractivity contribution is -0.479. The lowest BCUT2D eigenvalue weighted by Crippen LogP contribution is -2.03. The highest BCUT2D eigenvalue weighted by Crippen LogP contribution is 2.26. The van der Waals surface area contributed by atoms with Gasteiger partial charge in [0.05, 0.1) is 6.61 Å².